The third kappa shape index (κ3) is 2.28. The van der Waals surface area contributed by atoms with Crippen molar-refractivity contribution in [3.05, 3.63) is 79.2 Å². The lowest BCUT2D eigenvalue weighted by atomic mass is 9.96. The molecule has 0 saturated heterocycles. The van der Waals surface area contributed by atoms with Gasteiger partial charge in [-0.15, -0.1) is 9.97 Å². The van der Waals surface area contributed by atoms with Crippen molar-refractivity contribution in [2.45, 2.75) is 0 Å². The van der Waals surface area contributed by atoms with E-state index in [4.69, 9.17) is 13.1 Å². The Labute approximate surface area is 218 Å². The summed E-state index contributed by atoms with van der Waals surface area (Å²) < 4.78 is 2.50. The molecule has 0 saturated carbocycles. The van der Waals surface area contributed by atoms with E-state index in [1.54, 1.807) is 12.1 Å². The molecule has 0 aliphatic carbocycles. The maximum Gasteiger partial charge on any atom is 0.316 e. The Bertz CT molecular complexity index is 2610. The quantitative estimate of drug-likeness (QED) is 0.215. The Balaban J connectivity index is 1.61. The molecule has 0 fully saturated rings. The van der Waals surface area contributed by atoms with Gasteiger partial charge in [0.25, 0.3) is 22.8 Å². The molecule has 6 heterocycles. The van der Waals surface area contributed by atoms with Crippen molar-refractivity contribution >= 4 is 77.8 Å². The Morgan fingerprint density at radius 2 is 1.05 bits per heavy atom. The number of pyridine rings is 2. The lowest BCUT2D eigenvalue weighted by Gasteiger charge is -2.11. The topological polar surface area (TPSA) is 177 Å². The molecule has 14 nitrogen and oxygen atoms in total. The maximum atomic E-state index is 13.8. The molecule has 0 amide bonds. The van der Waals surface area contributed by atoms with E-state index in [0.717, 1.165) is 0 Å². The highest BCUT2D eigenvalue weighted by molar-refractivity contribution is 6.27. The number of hydrogen-bond donors (Lipinski definition) is 0. The molecule has 8 rings (SSSR count). The molecule has 14 heteroatoms. The molecule has 0 bridgehead atoms. The third-order valence-corrected chi connectivity index (χ3v) is 6.89. The van der Waals surface area contributed by atoms with Crippen molar-refractivity contribution in [3.8, 4) is 12.1 Å². The molecular weight excluding hydrogens is 512 g/mol. The molecule has 0 aliphatic heterocycles. The summed E-state index contributed by atoms with van der Waals surface area (Å²) in [6, 6.07) is 10.1. The normalized spacial score (nSPS) is 11.6. The zero-order valence-electron chi connectivity index (χ0n) is 19.5. The number of fused-ring (bicyclic) bond motifs is 8. The van der Waals surface area contributed by atoms with Gasteiger partial charge in [0.2, 0.25) is 0 Å². The Kier molecular flexibility index (Phi) is 3.66. The van der Waals surface area contributed by atoms with E-state index in [1.165, 1.54) is 20.9 Å². The van der Waals surface area contributed by atoms with Crippen LogP contribution in [-0.4, -0.2) is 38.7 Å². The average molecular weight is 516 g/mol. The fraction of sp³-hybridized carbons (Fsp3) is 0. The van der Waals surface area contributed by atoms with Crippen LogP contribution in [0.2, 0.25) is 0 Å². The van der Waals surface area contributed by atoms with Gasteiger partial charge in [-0.25, -0.2) is 23.8 Å². The first kappa shape index (κ1) is 21.2. The molecule has 6 aromatic heterocycles. The SMILES string of the molecule is [C-]#[N+]c1nc2nc3c4ccc5c6c(ccc(c(=O)n3c2nc1[N+]#[C-])c46)c(=O)n1c2nc(C#N)c(C#N)nc2nc51. The zero-order valence-corrected chi connectivity index (χ0v) is 19.5. The first-order valence-electron chi connectivity index (χ1n) is 11.3. The molecule has 180 valence electrons. The molecule has 40 heavy (non-hydrogen) atoms. The molecule has 2 aromatic carbocycles. The smallest absolute Gasteiger partial charge is 0.316 e. The second-order valence-corrected chi connectivity index (χ2v) is 8.76. The van der Waals surface area contributed by atoms with Gasteiger partial charge < -0.3 is 9.69 Å². The highest BCUT2D eigenvalue weighted by Gasteiger charge is 2.26. The molecule has 0 aliphatic rings. The first-order chi connectivity index (χ1) is 19.5. The third-order valence-electron chi connectivity index (χ3n) is 6.89. The van der Waals surface area contributed by atoms with E-state index < -0.39 is 11.1 Å². The second-order valence-electron chi connectivity index (χ2n) is 8.76. The van der Waals surface area contributed by atoms with Gasteiger partial charge in [0.05, 0.1) is 0 Å². The fourth-order valence-electron chi connectivity index (χ4n) is 5.29. The van der Waals surface area contributed by atoms with Gasteiger partial charge in [-0.2, -0.15) is 15.5 Å². The number of rotatable bonds is 0. The molecule has 0 N–H and O–H groups in total. The zero-order chi connectivity index (χ0) is 27.4. The summed E-state index contributed by atoms with van der Waals surface area (Å²) in [5.74, 6) is -0.453. The van der Waals surface area contributed by atoms with Gasteiger partial charge in [-0.1, -0.05) is 13.1 Å². The first-order valence-corrected chi connectivity index (χ1v) is 11.3. The van der Waals surface area contributed by atoms with E-state index in [0.29, 0.717) is 21.5 Å². The summed E-state index contributed by atoms with van der Waals surface area (Å²) in [7, 11) is 0. The van der Waals surface area contributed by atoms with E-state index in [-0.39, 0.29) is 67.7 Å². The van der Waals surface area contributed by atoms with Crippen LogP contribution in [0, 0.1) is 35.8 Å². The Morgan fingerprint density at radius 3 is 1.57 bits per heavy atom. The molecule has 0 spiro atoms. The van der Waals surface area contributed by atoms with Crippen LogP contribution in [-0.2, 0) is 0 Å². The molecule has 8 aromatic rings. The van der Waals surface area contributed by atoms with Crippen molar-refractivity contribution in [2.75, 3.05) is 0 Å². The standard InChI is InChI=1S/C26H4N12O2/c1-29-17-18(30-2)34-24-20(33-17)36-22-10-4-3-9-15-11(5-6-12(16(10)15)26(40)38(22)24)25(39)37-21(9)35-19-23(37)32-14(8-28)13(7-27)31-19/h3-6H. The fourth-order valence-corrected chi connectivity index (χ4v) is 5.29. The highest BCUT2D eigenvalue weighted by atomic mass is 16.1. The Morgan fingerprint density at radius 1 is 0.600 bits per heavy atom. The number of benzene rings is 2. The Hall–Kier alpha value is -6.90. The van der Waals surface area contributed by atoms with Gasteiger partial charge in [0.15, 0.2) is 34.0 Å². The lowest BCUT2D eigenvalue weighted by Crippen LogP contribution is -2.17. The molecular formula is C26H4N12O2. The number of hydrogen-bond acceptors (Lipinski definition) is 10. The summed E-state index contributed by atoms with van der Waals surface area (Å²) >= 11 is 0. The number of aromatic nitrogens is 8. The van der Waals surface area contributed by atoms with E-state index in [9.17, 15) is 20.1 Å². The van der Waals surface area contributed by atoms with Gasteiger partial charge in [-0.3, -0.25) is 9.59 Å². The number of nitrogens with zero attached hydrogens (tertiary/aromatic N) is 12. The van der Waals surface area contributed by atoms with Crippen molar-refractivity contribution < 1.29 is 0 Å². The van der Waals surface area contributed by atoms with Crippen LogP contribution in [0.25, 0.3) is 75.9 Å². The van der Waals surface area contributed by atoms with E-state index in [1.807, 2.05) is 12.1 Å². The summed E-state index contributed by atoms with van der Waals surface area (Å²) in [4.78, 5) is 59.7. The molecule has 0 unspecified atom stereocenters. The maximum absolute atomic E-state index is 13.8. The average Bonchev–Trinajstić information content (AvgIpc) is 3.55. The van der Waals surface area contributed by atoms with Crippen molar-refractivity contribution in [1.29, 1.82) is 10.5 Å². The summed E-state index contributed by atoms with van der Waals surface area (Å²) in [5.41, 5.74) is -0.845. The van der Waals surface area contributed by atoms with Crippen LogP contribution in [0.5, 0.6) is 0 Å². The van der Waals surface area contributed by atoms with Crippen LogP contribution >= 0.6 is 0 Å². The molecule has 0 atom stereocenters. The predicted octanol–water partition coefficient (Wildman–Crippen LogP) is 2.77. The van der Waals surface area contributed by atoms with Gasteiger partial charge >= 0.3 is 11.3 Å². The van der Waals surface area contributed by atoms with Crippen molar-refractivity contribution in [2.24, 2.45) is 0 Å². The number of nitriles is 2. The van der Waals surface area contributed by atoms with Crippen LogP contribution < -0.4 is 11.1 Å². The minimum absolute atomic E-state index is 0.0255. The minimum Gasteiger partial charge on any atom is -0.370 e. The molecule has 0 radical (unpaired) electrons. The summed E-state index contributed by atoms with van der Waals surface area (Å²) in [6.07, 6.45) is 0. The number of imidazole rings is 2. The van der Waals surface area contributed by atoms with E-state index >= 15 is 0 Å². The highest BCUT2D eigenvalue weighted by Crippen LogP contribution is 2.37. The van der Waals surface area contributed by atoms with Crippen molar-refractivity contribution in [3.63, 3.8) is 0 Å². The summed E-state index contributed by atoms with van der Waals surface area (Å²) in [5, 5.41) is 21.3. The monoisotopic (exact) mass is 516 g/mol. The van der Waals surface area contributed by atoms with Gasteiger partial charge in [0.1, 0.15) is 12.1 Å². The van der Waals surface area contributed by atoms with Gasteiger partial charge in [0, 0.05) is 32.3 Å². The van der Waals surface area contributed by atoms with Crippen LogP contribution in [0.3, 0.4) is 0 Å². The van der Waals surface area contributed by atoms with Crippen LogP contribution in [0.15, 0.2) is 33.9 Å². The second kappa shape index (κ2) is 6.90. The minimum atomic E-state index is -0.491. The summed E-state index contributed by atoms with van der Waals surface area (Å²) in [6.45, 7) is 14.6. The van der Waals surface area contributed by atoms with Crippen molar-refractivity contribution in [1.82, 2.24) is 38.7 Å². The van der Waals surface area contributed by atoms with Crippen LogP contribution in [0.1, 0.15) is 11.4 Å². The largest absolute Gasteiger partial charge is 0.370 e. The van der Waals surface area contributed by atoms with Crippen LogP contribution in [0.4, 0.5) is 11.6 Å². The predicted molar refractivity (Wildman–Crippen MR) is 140 cm³/mol. The lowest BCUT2D eigenvalue weighted by molar-refractivity contribution is 1.12. The van der Waals surface area contributed by atoms with Gasteiger partial charge in [-0.05, 0) is 24.3 Å². The van der Waals surface area contributed by atoms with E-state index in [2.05, 4.69) is 39.6 Å².